The van der Waals surface area contributed by atoms with E-state index in [-0.39, 0.29) is 26.6 Å². The van der Waals surface area contributed by atoms with Crippen LogP contribution in [0.1, 0.15) is 17.3 Å². The lowest BCUT2D eigenvalue weighted by atomic mass is 10.2. The van der Waals surface area contributed by atoms with Gasteiger partial charge in [-0.25, -0.2) is 17.9 Å². The average molecular weight is 373 g/mol. The van der Waals surface area contributed by atoms with Crippen LogP contribution in [0.2, 0.25) is 5.02 Å². The average Bonchev–Trinajstić information content (AvgIpc) is 2.31. The SMILES string of the molecule is C[C@@H](CO)NS(=O)(=O)c1cc(Br)c(Cl)c(C(=O)O)c1. The minimum atomic E-state index is -3.93. The maximum Gasteiger partial charge on any atom is 0.337 e. The van der Waals surface area contributed by atoms with E-state index in [1.165, 1.54) is 13.0 Å². The molecule has 6 nitrogen and oxygen atoms in total. The lowest BCUT2D eigenvalue weighted by molar-refractivity contribution is 0.0696. The molecular weight excluding hydrogens is 362 g/mol. The molecule has 106 valence electrons. The largest absolute Gasteiger partial charge is 0.478 e. The van der Waals surface area contributed by atoms with Crippen LogP contribution in [0.25, 0.3) is 0 Å². The summed E-state index contributed by atoms with van der Waals surface area (Å²) in [6.45, 7) is 1.10. The van der Waals surface area contributed by atoms with E-state index < -0.39 is 22.0 Å². The Morgan fingerprint density at radius 1 is 1.53 bits per heavy atom. The number of carboxylic acids is 1. The zero-order chi connectivity index (χ0) is 14.8. The Labute approximate surface area is 123 Å². The van der Waals surface area contributed by atoms with Gasteiger partial charge in [-0.1, -0.05) is 11.6 Å². The van der Waals surface area contributed by atoms with Gasteiger partial charge in [-0.2, -0.15) is 0 Å². The van der Waals surface area contributed by atoms with Gasteiger partial charge in [-0.15, -0.1) is 0 Å². The first kappa shape index (κ1) is 16.4. The van der Waals surface area contributed by atoms with E-state index in [1.54, 1.807) is 0 Å². The number of hydrogen-bond acceptors (Lipinski definition) is 4. The molecule has 0 radical (unpaired) electrons. The number of aliphatic hydroxyl groups is 1. The Morgan fingerprint density at radius 2 is 2.11 bits per heavy atom. The number of aromatic carboxylic acids is 1. The van der Waals surface area contributed by atoms with Crippen molar-refractivity contribution in [3.05, 3.63) is 27.2 Å². The molecule has 1 aromatic carbocycles. The second-order valence-electron chi connectivity index (χ2n) is 3.78. The number of carboxylic acid groups (broad SMARTS) is 1. The van der Waals surface area contributed by atoms with Gasteiger partial charge in [-0.05, 0) is 35.0 Å². The molecule has 0 aliphatic rings. The monoisotopic (exact) mass is 371 g/mol. The first-order valence-corrected chi connectivity index (χ1v) is 7.70. The van der Waals surface area contributed by atoms with Crippen molar-refractivity contribution in [2.45, 2.75) is 17.9 Å². The van der Waals surface area contributed by atoms with E-state index in [0.29, 0.717) is 0 Å². The van der Waals surface area contributed by atoms with Crippen LogP contribution < -0.4 is 4.72 Å². The van der Waals surface area contributed by atoms with E-state index in [1.807, 2.05) is 0 Å². The van der Waals surface area contributed by atoms with Crippen LogP contribution >= 0.6 is 27.5 Å². The third kappa shape index (κ3) is 3.90. The molecule has 0 aliphatic carbocycles. The molecule has 0 bridgehead atoms. The molecular formula is C10H11BrClNO5S. The fourth-order valence-corrected chi connectivity index (χ4v) is 3.33. The highest BCUT2D eigenvalue weighted by atomic mass is 79.9. The molecule has 0 aliphatic heterocycles. The second-order valence-corrected chi connectivity index (χ2v) is 6.72. The van der Waals surface area contributed by atoms with E-state index in [2.05, 4.69) is 20.7 Å². The van der Waals surface area contributed by atoms with Gasteiger partial charge >= 0.3 is 5.97 Å². The number of carbonyl (C=O) groups is 1. The van der Waals surface area contributed by atoms with Crippen LogP contribution in [-0.4, -0.2) is 37.2 Å². The smallest absolute Gasteiger partial charge is 0.337 e. The minimum absolute atomic E-state index is 0.0818. The summed E-state index contributed by atoms with van der Waals surface area (Å²) in [4.78, 5) is 10.7. The zero-order valence-electron chi connectivity index (χ0n) is 9.72. The summed E-state index contributed by atoms with van der Waals surface area (Å²) < 4.78 is 26.3. The standard InChI is InChI=1S/C10H11BrClNO5S/c1-5(4-14)13-19(17,18)6-2-7(10(15)16)9(12)8(11)3-6/h2-3,5,13-14H,4H2,1H3,(H,15,16)/t5-/m0/s1. The van der Waals surface area contributed by atoms with Crippen molar-refractivity contribution in [1.82, 2.24) is 4.72 Å². The summed E-state index contributed by atoms with van der Waals surface area (Å²) in [5.41, 5.74) is -0.326. The molecule has 0 aromatic heterocycles. The van der Waals surface area contributed by atoms with Gasteiger partial charge in [0.2, 0.25) is 10.0 Å². The van der Waals surface area contributed by atoms with Crippen molar-refractivity contribution in [2.75, 3.05) is 6.61 Å². The fourth-order valence-electron chi connectivity index (χ4n) is 1.25. The van der Waals surface area contributed by atoms with Crippen molar-refractivity contribution >= 4 is 43.5 Å². The zero-order valence-corrected chi connectivity index (χ0v) is 12.9. The minimum Gasteiger partial charge on any atom is -0.478 e. The molecule has 0 saturated carbocycles. The van der Waals surface area contributed by atoms with Crippen molar-refractivity contribution < 1.29 is 23.4 Å². The van der Waals surface area contributed by atoms with E-state index in [0.717, 1.165) is 6.07 Å². The van der Waals surface area contributed by atoms with Crippen molar-refractivity contribution in [3.63, 3.8) is 0 Å². The van der Waals surface area contributed by atoms with Gasteiger partial charge in [0.15, 0.2) is 0 Å². The van der Waals surface area contributed by atoms with Crippen molar-refractivity contribution in [1.29, 1.82) is 0 Å². The first-order chi connectivity index (χ1) is 8.69. The molecule has 3 N–H and O–H groups in total. The van der Waals surface area contributed by atoms with Crippen LogP contribution in [0.15, 0.2) is 21.5 Å². The highest BCUT2D eigenvalue weighted by Gasteiger charge is 2.22. The second kappa shape index (κ2) is 6.19. The summed E-state index contributed by atoms with van der Waals surface area (Å²) >= 11 is 8.76. The molecule has 0 fully saturated rings. The Bertz CT molecular complexity index is 604. The van der Waals surface area contributed by atoms with E-state index in [4.69, 9.17) is 21.8 Å². The molecule has 0 unspecified atom stereocenters. The van der Waals surface area contributed by atoms with Crippen LogP contribution in [0, 0.1) is 0 Å². The number of hydrogen-bond donors (Lipinski definition) is 3. The van der Waals surface area contributed by atoms with E-state index in [9.17, 15) is 13.2 Å². The van der Waals surface area contributed by atoms with Gasteiger partial charge in [0.25, 0.3) is 0 Å². The predicted molar refractivity (Wildman–Crippen MR) is 73.0 cm³/mol. The van der Waals surface area contributed by atoms with Gasteiger partial charge in [0.1, 0.15) is 0 Å². The summed E-state index contributed by atoms with van der Waals surface area (Å²) in [5.74, 6) is -1.34. The normalized spacial score (nSPS) is 13.3. The molecule has 0 saturated heterocycles. The summed E-state index contributed by atoms with van der Waals surface area (Å²) in [7, 11) is -3.93. The number of aliphatic hydroxyl groups excluding tert-OH is 1. The first-order valence-electron chi connectivity index (χ1n) is 5.04. The van der Waals surface area contributed by atoms with E-state index >= 15 is 0 Å². The molecule has 1 rings (SSSR count). The maximum atomic E-state index is 12.0. The number of sulfonamides is 1. The fraction of sp³-hybridized carbons (Fsp3) is 0.300. The molecule has 9 heteroatoms. The molecule has 0 heterocycles. The summed E-state index contributed by atoms with van der Waals surface area (Å²) in [6, 6.07) is 1.47. The van der Waals surface area contributed by atoms with Crippen molar-refractivity contribution in [3.8, 4) is 0 Å². The van der Waals surface area contributed by atoms with Crippen LogP contribution in [0.5, 0.6) is 0 Å². The quantitative estimate of drug-likeness (QED) is 0.726. The molecule has 0 spiro atoms. The summed E-state index contributed by atoms with van der Waals surface area (Å²) in [5, 5.41) is 17.7. The summed E-state index contributed by atoms with van der Waals surface area (Å²) in [6.07, 6.45) is 0. The Morgan fingerprint density at radius 3 is 2.58 bits per heavy atom. The van der Waals surface area contributed by atoms with Crippen LogP contribution in [0.3, 0.4) is 0 Å². The lowest BCUT2D eigenvalue weighted by Crippen LogP contribution is -2.35. The predicted octanol–water partition coefficient (Wildman–Crippen LogP) is 1.46. The molecule has 19 heavy (non-hydrogen) atoms. The van der Waals surface area contributed by atoms with Gasteiger partial charge in [0, 0.05) is 10.5 Å². The van der Waals surface area contributed by atoms with Crippen molar-refractivity contribution in [2.24, 2.45) is 0 Å². The Kier molecular flexibility index (Phi) is 5.34. The molecule has 1 aromatic rings. The topological polar surface area (TPSA) is 104 Å². The highest BCUT2D eigenvalue weighted by Crippen LogP contribution is 2.29. The third-order valence-electron chi connectivity index (χ3n) is 2.17. The number of halogens is 2. The number of rotatable bonds is 5. The molecule has 1 atom stereocenters. The third-order valence-corrected chi connectivity index (χ3v) is 5.00. The number of benzene rings is 1. The van der Waals surface area contributed by atoms with Gasteiger partial charge in [-0.3, -0.25) is 0 Å². The van der Waals surface area contributed by atoms with Crippen LogP contribution in [-0.2, 0) is 10.0 Å². The molecule has 0 amide bonds. The Hall–Kier alpha value is -0.670. The Balaban J connectivity index is 3.32. The van der Waals surface area contributed by atoms with Crippen LogP contribution in [0.4, 0.5) is 0 Å². The lowest BCUT2D eigenvalue weighted by Gasteiger charge is -2.13. The highest BCUT2D eigenvalue weighted by molar-refractivity contribution is 9.10. The van der Waals surface area contributed by atoms with Gasteiger partial charge < -0.3 is 10.2 Å². The number of nitrogens with one attached hydrogen (secondary N) is 1. The maximum absolute atomic E-state index is 12.0. The van der Waals surface area contributed by atoms with Gasteiger partial charge in [0.05, 0.1) is 22.1 Å².